The predicted octanol–water partition coefficient (Wildman–Crippen LogP) is 5.81. The zero-order valence-electron chi connectivity index (χ0n) is 21.9. The van der Waals surface area contributed by atoms with E-state index in [2.05, 4.69) is 6.92 Å². The summed E-state index contributed by atoms with van der Waals surface area (Å²) >= 11 is 0. The summed E-state index contributed by atoms with van der Waals surface area (Å²) in [6.45, 7) is 7.87. The van der Waals surface area contributed by atoms with Crippen molar-refractivity contribution in [2.24, 2.45) is 0 Å². The Balaban J connectivity index is 1.61. The number of rotatable bonds is 9. The molecule has 0 radical (unpaired) electrons. The molecule has 0 saturated heterocycles. The van der Waals surface area contributed by atoms with Gasteiger partial charge in [0.1, 0.15) is 18.0 Å². The maximum absolute atomic E-state index is 13.4. The molecule has 0 bridgehead atoms. The molecule has 1 atom stereocenters. The van der Waals surface area contributed by atoms with E-state index in [1.54, 1.807) is 18.3 Å². The SMILES string of the molecule is CCCCc1nc(CC(C(=O)OCc2ccccc2)c2ccc3c(c2)OCO3)cn1C(=O)OC(C)(C)C. The van der Waals surface area contributed by atoms with Crippen LogP contribution in [0.3, 0.4) is 0 Å². The Morgan fingerprint density at radius 2 is 1.84 bits per heavy atom. The van der Waals surface area contributed by atoms with Gasteiger partial charge >= 0.3 is 12.1 Å². The highest BCUT2D eigenvalue weighted by molar-refractivity contribution is 5.79. The summed E-state index contributed by atoms with van der Waals surface area (Å²) in [4.78, 5) is 31.0. The number of aryl methyl sites for hydroxylation is 1. The number of nitrogens with zero attached hydrogens (tertiary/aromatic N) is 2. The second-order valence-corrected chi connectivity index (χ2v) is 10.1. The highest BCUT2D eigenvalue weighted by atomic mass is 16.7. The van der Waals surface area contributed by atoms with Gasteiger partial charge in [-0.2, -0.15) is 0 Å². The third-order valence-electron chi connectivity index (χ3n) is 5.89. The zero-order chi connectivity index (χ0) is 26.4. The number of carbonyl (C=O) groups is 2. The fraction of sp³-hybridized carbons (Fsp3) is 0.414. The summed E-state index contributed by atoms with van der Waals surface area (Å²) in [6.07, 6.45) is 3.91. The number of hydrogen-bond donors (Lipinski definition) is 0. The molecule has 0 amide bonds. The number of benzene rings is 2. The molecular formula is C29H34N2O6. The second kappa shape index (κ2) is 11.5. The standard InChI is InChI=1S/C29H34N2O6/c1-5-6-12-26-30-22(17-31(26)28(33)37-29(2,3)4)16-23(21-13-14-24-25(15-21)36-19-35-24)27(32)34-18-20-10-8-7-9-11-20/h7-11,13-15,17,23H,5-6,12,16,18-19H2,1-4H3. The topological polar surface area (TPSA) is 88.9 Å². The second-order valence-electron chi connectivity index (χ2n) is 10.1. The molecule has 1 aliphatic heterocycles. The van der Waals surface area contributed by atoms with Crippen molar-refractivity contribution in [1.82, 2.24) is 9.55 Å². The van der Waals surface area contributed by atoms with Crippen molar-refractivity contribution in [1.29, 1.82) is 0 Å². The minimum atomic E-state index is -0.653. The molecule has 4 rings (SSSR count). The van der Waals surface area contributed by atoms with Crippen LogP contribution < -0.4 is 9.47 Å². The number of hydrogen-bond acceptors (Lipinski definition) is 7. The van der Waals surface area contributed by atoms with Crippen molar-refractivity contribution in [3.63, 3.8) is 0 Å². The molecule has 196 valence electrons. The minimum absolute atomic E-state index is 0.142. The molecule has 0 aliphatic carbocycles. The molecule has 3 aromatic rings. The minimum Gasteiger partial charge on any atom is -0.460 e. The van der Waals surface area contributed by atoms with Gasteiger partial charge in [0.2, 0.25) is 6.79 Å². The normalized spacial score (nSPS) is 13.3. The molecule has 0 N–H and O–H groups in total. The molecule has 1 aliphatic rings. The lowest BCUT2D eigenvalue weighted by molar-refractivity contribution is -0.146. The fourth-order valence-electron chi connectivity index (χ4n) is 4.06. The lowest BCUT2D eigenvalue weighted by Crippen LogP contribution is -2.27. The average Bonchev–Trinajstić information content (AvgIpc) is 3.50. The Morgan fingerprint density at radius 1 is 1.08 bits per heavy atom. The molecule has 37 heavy (non-hydrogen) atoms. The van der Waals surface area contributed by atoms with E-state index in [1.807, 2.05) is 57.2 Å². The Bertz CT molecular complexity index is 1230. The van der Waals surface area contributed by atoms with Crippen LogP contribution in [0.5, 0.6) is 11.5 Å². The number of ether oxygens (including phenoxy) is 4. The number of unbranched alkanes of at least 4 members (excludes halogenated alkanes) is 1. The van der Waals surface area contributed by atoms with Crippen LogP contribution in [0.4, 0.5) is 4.79 Å². The number of aromatic nitrogens is 2. The third kappa shape index (κ3) is 6.90. The van der Waals surface area contributed by atoms with E-state index in [4.69, 9.17) is 23.9 Å². The van der Waals surface area contributed by atoms with E-state index < -0.39 is 17.6 Å². The highest BCUT2D eigenvalue weighted by Crippen LogP contribution is 2.36. The number of esters is 1. The summed E-state index contributed by atoms with van der Waals surface area (Å²) in [6, 6.07) is 15.0. The van der Waals surface area contributed by atoms with Crippen LogP contribution in [0.15, 0.2) is 54.7 Å². The summed E-state index contributed by atoms with van der Waals surface area (Å²) in [5, 5.41) is 0. The molecule has 8 heteroatoms. The summed E-state index contributed by atoms with van der Waals surface area (Å²) in [5.41, 5.74) is 1.59. The molecule has 2 heterocycles. The lowest BCUT2D eigenvalue weighted by atomic mass is 9.94. The number of fused-ring (bicyclic) bond motifs is 1. The molecule has 8 nitrogen and oxygen atoms in total. The van der Waals surface area contributed by atoms with Crippen molar-refractivity contribution in [3.05, 3.63) is 77.4 Å². The molecule has 1 aromatic heterocycles. The van der Waals surface area contributed by atoms with E-state index >= 15 is 0 Å². The van der Waals surface area contributed by atoms with Gasteiger partial charge in [0.25, 0.3) is 0 Å². The lowest BCUT2D eigenvalue weighted by Gasteiger charge is -2.20. The van der Waals surface area contributed by atoms with Gasteiger partial charge in [0.15, 0.2) is 11.5 Å². The van der Waals surface area contributed by atoms with Gasteiger partial charge in [0.05, 0.1) is 11.6 Å². The van der Waals surface area contributed by atoms with Crippen molar-refractivity contribution in [2.45, 2.75) is 71.5 Å². The van der Waals surface area contributed by atoms with Gasteiger partial charge in [0, 0.05) is 19.0 Å². The quantitative estimate of drug-likeness (QED) is 0.339. The predicted molar refractivity (Wildman–Crippen MR) is 138 cm³/mol. The summed E-state index contributed by atoms with van der Waals surface area (Å²) < 4.78 is 23.7. The van der Waals surface area contributed by atoms with E-state index in [-0.39, 0.29) is 25.8 Å². The van der Waals surface area contributed by atoms with Crippen LogP contribution >= 0.6 is 0 Å². The van der Waals surface area contributed by atoms with Gasteiger partial charge < -0.3 is 18.9 Å². The van der Waals surface area contributed by atoms with E-state index in [9.17, 15) is 9.59 Å². The van der Waals surface area contributed by atoms with Crippen LogP contribution in [-0.2, 0) is 33.7 Å². The first-order valence-corrected chi connectivity index (χ1v) is 12.6. The Morgan fingerprint density at radius 3 is 2.57 bits per heavy atom. The van der Waals surface area contributed by atoms with Gasteiger partial charge in [-0.15, -0.1) is 0 Å². The number of imidazole rings is 1. The van der Waals surface area contributed by atoms with Crippen LogP contribution in [0, 0.1) is 0 Å². The zero-order valence-corrected chi connectivity index (χ0v) is 21.9. The summed E-state index contributed by atoms with van der Waals surface area (Å²) in [7, 11) is 0. The molecule has 0 saturated carbocycles. The molecular weight excluding hydrogens is 472 g/mol. The maximum Gasteiger partial charge on any atom is 0.419 e. The third-order valence-corrected chi connectivity index (χ3v) is 5.89. The average molecular weight is 507 g/mol. The Labute approximate surface area is 217 Å². The van der Waals surface area contributed by atoms with E-state index in [0.29, 0.717) is 29.4 Å². The Hall–Kier alpha value is -3.81. The van der Waals surface area contributed by atoms with Crippen LogP contribution in [0.25, 0.3) is 0 Å². The van der Waals surface area contributed by atoms with Gasteiger partial charge in [-0.1, -0.05) is 49.7 Å². The smallest absolute Gasteiger partial charge is 0.419 e. The van der Waals surface area contributed by atoms with Gasteiger partial charge in [-0.3, -0.25) is 4.79 Å². The Kier molecular flexibility index (Phi) is 8.16. The van der Waals surface area contributed by atoms with E-state index in [1.165, 1.54) is 4.57 Å². The molecule has 2 aromatic carbocycles. The van der Waals surface area contributed by atoms with Crippen molar-refractivity contribution in [3.8, 4) is 11.5 Å². The van der Waals surface area contributed by atoms with Crippen LogP contribution in [0.1, 0.15) is 69.1 Å². The maximum atomic E-state index is 13.4. The monoisotopic (exact) mass is 506 g/mol. The largest absolute Gasteiger partial charge is 0.460 e. The first kappa shape index (κ1) is 26.3. The summed E-state index contributed by atoms with van der Waals surface area (Å²) in [5.74, 6) is 0.801. The van der Waals surface area contributed by atoms with Gasteiger partial charge in [-0.05, 0) is 50.5 Å². The van der Waals surface area contributed by atoms with Crippen molar-refractivity contribution >= 4 is 12.1 Å². The van der Waals surface area contributed by atoms with Crippen LogP contribution in [0.2, 0.25) is 0 Å². The van der Waals surface area contributed by atoms with Crippen molar-refractivity contribution < 1.29 is 28.5 Å². The first-order valence-electron chi connectivity index (χ1n) is 12.6. The number of carbonyl (C=O) groups excluding carboxylic acids is 2. The van der Waals surface area contributed by atoms with Gasteiger partial charge in [-0.25, -0.2) is 14.3 Å². The molecule has 0 spiro atoms. The highest BCUT2D eigenvalue weighted by Gasteiger charge is 2.28. The molecule has 0 fully saturated rings. The van der Waals surface area contributed by atoms with Crippen LogP contribution in [-0.4, -0.2) is 34.0 Å². The van der Waals surface area contributed by atoms with Crippen molar-refractivity contribution in [2.75, 3.05) is 6.79 Å². The fourth-order valence-corrected chi connectivity index (χ4v) is 4.06. The van der Waals surface area contributed by atoms with E-state index in [0.717, 1.165) is 24.0 Å². The first-order chi connectivity index (χ1) is 17.7. The molecule has 1 unspecified atom stereocenters.